The number of carbonyl (C=O) groups is 2. The van der Waals surface area contributed by atoms with Gasteiger partial charge in [0.05, 0.1) is 4.90 Å². The minimum Gasteiger partial charge on any atom is -0.352 e. The lowest BCUT2D eigenvalue weighted by Gasteiger charge is -2.21. The van der Waals surface area contributed by atoms with Gasteiger partial charge in [0.2, 0.25) is 15.9 Å². The summed E-state index contributed by atoms with van der Waals surface area (Å²) in [5.41, 5.74) is 5.92. The van der Waals surface area contributed by atoms with Gasteiger partial charge in [-0.1, -0.05) is 19.9 Å². The van der Waals surface area contributed by atoms with Gasteiger partial charge in [-0.15, -0.1) is 0 Å². The molecule has 0 aliphatic rings. The molecular formula is C14H22N4O4S. The summed E-state index contributed by atoms with van der Waals surface area (Å²) in [5.74, 6) is -0.663. The minimum atomic E-state index is -3.63. The van der Waals surface area contributed by atoms with Crippen LogP contribution >= 0.6 is 0 Å². The number of carbonyl (C=O) groups excluding carboxylic acids is 2. The van der Waals surface area contributed by atoms with Crippen molar-refractivity contribution in [2.45, 2.75) is 31.7 Å². The van der Waals surface area contributed by atoms with Gasteiger partial charge in [0.15, 0.2) is 0 Å². The summed E-state index contributed by atoms with van der Waals surface area (Å²) in [6, 6.07) is 2.91. The Bertz CT molecular complexity index is 701. The van der Waals surface area contributed by atoms with E-state index >= 15 is 0 Å². The molecule has 0 heterocycles. The zero-order valence-electron chi connectivity index (χ0n) is 13.5. The lowest BCUT2D eigenvalue weighted by atomic mass is 10.0. The van der Waals surface area contributed by atoms with Crippen LogP contribution in [0.15, 0.2) is 23.1 Å². The summed E-state index contributed by atoms with van der Waals surface area (Å²) < 4.78 is 26.1. The molecule has 0 saturated carbocycles. The van der Waals surface area contributed by atoms with Gasteiger partial charge in [0.1, 0.15) is 6.04 Å². The van der Waals surface area contributed by atoms with E-state index in [-0.39, 0.29) is 10.8 Å². The molecule has 0 aliphatic carbocycles. The Morgan fingerprint density at radius 2 is 1.83 bits per heavy atom. The third-order valence-electron chi connectivity index (χ3n) is 3.26. The summed E-state index contributed by atoms with van der Waals surface area (Å²) in [6.45, 7) is 5.17. The molecule has 8 nitrogen and oxygen atoms in total. The molecule has 0 unspecified atom stereocenters. The van der Waals surface area contributed by atoms with Crippen LogP contribution in [0.2, 0.25) is 0 Å². The first kappa shape index (κ1) is 18.9. The first-order valence-electron chi connectivity index (χ1n) is 6.99. The molecule has 3 amide bonds. The molecule has 0 aliphatic heterocycles. The second-order valence-electron chi connectivity index (χ2n) is 5.41. The van der Waals surface area contributed by atoms with Crippen molar-refractivity contribution in [3.05, 3.63) is 23.8 Å². The number of primary amides is 1. The third-order valence-corrected chi connectivity index (χ3v) is 4.82. The van der Waals surface area contributed by atoms with E-state index in [9.17, 15) is 18.0 Å². The Kier molecular flexibility index (Phi) is 6.11. The molecule has 9 heteroatoms. The highest BCUT2D eigenvalue weighted by Crippen LogP contribution is 2.20. The van der Waals surface area contributed by atoms with E-state index in [1.165, 1.54) is 13.1 Å². The lowest BCUT2D eigenvalue weighted by molar-refractivity contribution is -0.118. The number of nitrogens with two attached hydrogens (primary N) is 1. The van der Waals surface area contributed by atoms with Crippen molar-refractivity contribution in [2.24, 2.45) is 11.7 Å². The first-order chi connectivity index (χ1) is 10.6. The molecule has 128 valence electrons. The second kappa shape index (κ2) is 7.42. The Balaban J connectivity index is 3.07. The van der Waals surface area contributed by atoms with E-state index in [4.69, 9.17) is 5.73 Å². The van der Waals surface area contributed by atoms with E-state index in [1.807, 2.05) is 0 Å². The Morgan fingerprint density at radius 1 is 1.22 bits per heavy atom. The van der Waals surface area contributed by atoms with Crippen LogP contribution in [0.25, 0.3) is 0 Å². The molecule has 0 bridgehead atoms. The van der Waals surface area contributed by atoms with Crippen molar-refractivity contribution >= 4 is 27.6 Å². The topological polar surface area (TPSA) is 130 Å². The largest absolute Gasteiger partial charge is 0.352 e. The number of sulfonamides is 1. The standard InChI is InChI=1S/C14H22N4O4S/c1-8(2)12(18-14(15)20)13(19)17-10-6-5-9(3)11(7-10)23(21,22)16-4/h5-8,12,16H,1-4H3,(H,17,19)(H3,15,18,20)/t12-/m0/s1. The zero-order valence-corrected chi connectivity index (χ0v) is 14.3. The van der Waals surface area contributed by atoms with Crippen LogP contribution in [-0.2, 0) is 14.8 Å². The van der Waals surface area contributed by atoms with Crippen LogP contribution < -0.4 is 21.1 Å². The van der Waals surface area contributed by atoms with Gasteiger partial charge in [-0.25, -0.2) is 17.9 Å². The summed E-state index contributed by atoms with van der Waals surface area (Å²) in [5, 5.41) is 4.95. The van der Waals surface area contributed by atoms with Crippen LogP contribution in [0, 0.1) is 12.8 Å². The second-order valence-corrected chi connectivity index (χ2v) is 7.26. The maximum absolute atomic E-state index is 12.3. The van der Waals surface area contributed by atoms with E-state index < -0.39 is 28.0 Å². The monoisotopic (exact) mass is 342 g/mol. The summed E-state index contributed by atoms with van der Waals surface area (Å²) in [7, 11) is -2.32. The average Bonchev–Trinajstić information content (AvgIpc) is 2.46. The number of amides is 3. The molecule has 0 spiro atoms. The molecule has 0 fully saturated rings. The third kappa shape index (κ3) is 4.93. The summed E-state index contributed by atoms with van der Waals surface area (Å²) in [4.78, 5) is 23.3. The molecule has 5 N–H and O–H groups in total. The minimum absolute atomic E-state index is 0.0711. The lowest BCUT2D eigenvalue weighted by Crippen LogP contribution is -2.49. The maximum atomic E-state index is 12.3. The first-order valence-corrected chi connectivity index (χ1v) is 8.48. The van der Waals surface area contributed by atoms with Crippen LogP contribution in [0.5, 0.6) is 0 Å². The molecule has 1 aromatic rings. The highest BCUT2D eigenvalue weighted by molar-refractivity contribution is 7.89. The average molecular weight is 342 g/mol. The van der Waals surface area contributed by atoms with Gasteiger partial charge in [-0.3, -0.25) is 4.79 Å². The van der Waals surface area contributed by atoms with Gasteiger partial charge in [0.25, 0.3) is 0 Å². The molecule has 0 saturated heterocycles. The number of anilines is 1. The van der Waals surface area contributed by atoms with Crippen LogP contribution in [0.3, 0.4) is 0 Å². The molecule has 23 heavy (non-hydrogen) atoms. The van der Waals surface area contributed by atoms with Crippen molar-refractivity contribution in [3.8, 4) is 0 Å². The zero-order chi connectivity index (χ0) is 17.8. The number of urea groups is 1. The smallest absolute Gasteiger partial charge is 0.312 e. The predicted octanol–water partition coefficient (Wildman–Crippen LogP) is 0.535. The van der Waals surface area contributed by atoms with E-state index in [2.05, 4.69) is 15.4 Å². The fourth-order valence-electron chi connectivity index (χ4n) is 1.99. The van der Waals surface area contributed by atoms with Crippen LogP contribution in [0.4, 0.5) is 10.5 Å². The van der Waals surface area contributed by atoms with Crippen molar-refractivity contribution in [1.29, 1.82) is 0 Å². The molecule has 1 atom stereocenters. The van der Waals surface area contributed by atoms with Crippen LogP contribution in [-0.4, -0.2) is 33.4 Å². The van der Waals surface area contributed by atoms with Gasteiger partial charge in [-0.05, 0) is 37.6 Å². The Labute approximate surface area is 135 Å². The van der Waals surface area contributed by atoms with Gasteiger partial charge in [-0.2, -0.15) is 0 Å². The van der Waals surface area contributed by atoms with E-state index in [0.29, 0.717) is 11.3 Å². The van der Waals surface area contributed by atoms with Gasteiger partial charge >= 0.3 is 6.03 Å². The predicted molar refractivity (Wildman–Crippen MR) is 87.4 cm³/mol. The highest BCUT2D eigenvalue weighted by atomic mass is 32.2. The molecule has 0 aromatic heterocycles. The fourth-order valence-corrected chi connectivity index (χ4v) is 2.98. The molecule has 0 radical (unpaired) electrons. The number of rotatable bonds is 6. The fraction of sp³-hybridized carbons (Fsp3) is 0.429. The molecule has 1 aromatic carbocycles. The quantitative estimate of drug-likeness (QED) is 0.601. The highest BCUT2D eigenvalue weighted by Gasteiger charge is 2.24. The van der Waals surface area contributed by atoms with E-state index in [1.54, 1.807) is 32.9 Å². The maximum Gasteiger partial charge on any atom is 0.312 e. The van der Waals surface area contributed by atoms with Crippen LogP contribution in [0.1, 0.15) is 19.4 Å². The van der Waals surface area contributed by atoms with Crippen molar-refractivity contribution in [2.75, 3.05) is 12.4 Å². The normalized spacial score (nSPS) is 12.7. The SMILES string of the molecule is CNS(=O)(=O)c1cc(NC(=O)[C@@H](NC(N)=O)C(C)C)ccc1C. The molecule has 1 rings (SSSR count). The van der Waals surface area contributed by atoms with Crippen molar-refractivity contribution in [1.82, 2.24) is 10.0 Å². The summed E-state index contributed by atoms with van der Waals surface area (Å²) in [6.07, 6.45) is 0. The number of hydrogen-bond acceptors (Lipinski definition) is 4. The van der Waals surface area contributed by atoms with Gasteiger partial charge < -0.3 is 16.4 Å². The van der Waals surface area contributed by atoms with Crippen molar-refractivity contribution < 1.29 is 18.0 Å². The van der Waals surface area contributed by atoms with Crippen molar-refractivity contribution in [3.63, 3.8) is 0 Å². The number of benzene rings is 1. The summed E-state index contributed by atoms with van der Waals surface area (Å²) >= 11 is 0. The Morgan fingerprint density at radius 3 is 2.30 bits per heavy atom. The number of hydrogen-bond donors (Lipinski definition) is 4. The molecular weight excluding hydrogens is 320 g/mol. The van der Waals surface area contributed by atoms with E-state index in [0.717, 1.165) is 0 Å². The van der Waals surface area contributed by atoms with Gasteiger partial charge in [0, 0.05) is 5.69 Å². The number of aryl methyl sites for hydroxylation is 1. The number of nitrogens with one attached hydrogen (secondary N) is 3. The Hall–Kier alpha value is -2.13.